The maximum atomic E-state index is 12.8. The van der Waals surface area contributed by atoms with Gasteiger partial charge in [0.25, 0.3) is 5.91 Å². The number of carbonyl (C=O) groups is 1. The number of hydrogen-bond donors (Lipinski definition) is 2. The van der Waals surface area contributed by atoms with E-state index >= 15 is 0 Å². The van der Waals surface area contributed by atoms with Gasteiger partial charge in [-0.3, -0.25) is 4.79 Å². The van der Waals surface area contributed by atoms with Gasteiger partial charge in [-0.15, -0.1) is 0 Å². The van der Waals surface area contributed by atoms with E-state index in [0.717, 1.165) is 5.56 Å². The van der Waals surface area contributed by atoms with Crippen LogP contribution in [-0.2, 0) is 22.3 Å². The highest BCUT2D eigenvalue weighted by Gasteiger charge is 2.09. The van der Waals surface area contributed by atoms with Gasteiger partial charge in [0.15, 0.2) is 0 Å². The first-order chi connectivity index (χ1) is 10.9. The van der Waals surface area contributed by atoms with Gasteiger partial charge in [-0.2, -0.15) is 0 Å². The summed E-state index contributed by atoms with van der Waals surface area (Å²) < 4.78 is 38.0. The number of sulfonamides is 1. The summed E-state index contributed by atoms with van der Waals surface area (Å²) in [5, 5.41) is 2.72. The van der Waals surface area contributed by atoms with Crippen molar-refractivity contribution in [3.05, 3.63) is 71.0 Å². The van der Waals surface area contributed by atoms with Crippen molar-refractivity contribution < 1.29 is 17.6 Å². The largest absolute Gasteiger partial charge is 0.348 e. The monoisotopic (exact) mass is 336 g/mol. The normalized spacial score (nSPS) is 11.2. The van der Waals surface area contributed by atoms with E-state index in [1.807, 2.05) is 0 Å². The standard InChI is InChI=1S/C16H17FN2O3S/c1-18-23(21,22)11-13-4-2-12(3-5-13)10-19-16(20)14-6-8-15(17)9-7-14/h2-9,18H,10-11H2,1H3,(H,19,20). The zero-order valence-electron chi connectivity index (χ0n) is 12.5. The van der Waals surface area contributed by atoms with Crippen molar-refractivity contribution in [2.75, 3.05) is 7.05 Å². The molecule has 2 aromatic rings. The predicted octanol–water partition coefficient (Wildman–Crippen LogP) is 1.80. The van der Waals surface area contributed by atoms with E-state index in [1.54, 1.807) is 24.3 Å². The van der Waals surface area contributed by atoms with Crippen LogP contribution in [0.5, 0.6) is 0 Å². The van der Waals surface area contributed by atoms with Crippen LogP contribution in [0.4, 0.5) is 4.39 Å². The Labute approximate surface area is 134 Å². The molecule has 0 radical (unpaired) electrons. The molecule has 0 aromatic heterocycles. The summed E-state index contributed by atoms with van der Waals surface area (Å²) in [4.78, 5) is 11.9. The zero-order chi connectivity index (χ0) is 16.9. The van der Waals surface area contributed by atoms with E-state index in [9.17, 15) is 17.6 Å². The Balaban J connectivity index is 1.93. The second-order valence-corrected chi connectivity index (χ2v) is 6.90. The molecule has 0 unspecified atom stereocenters. The molecule has 0 fully saturated rings. The van der Waals surface area contributed by atoms with Crippen molar-refractivity contribution in [2.45, 2.75) is 12.3 Å². The Morgan fingerprint density at radius 3 is 2.13 bits per heavy atom. The Morgan fingerprint density at radius 1 is 1.00 bits per heavy atom. The Bertz CT molecular complexity index is 772. The van der Waals surface area contributed by atoms with Crippen molar-refractivity contribution in [1.82, 2.24) is 10.0 Å². The molecule has 2 aromatic carbocycles. The lowest BCUT2D eigenvalue weighted by molar-refractivity contribution is 0.0951. The molecule has 2 rings (SSSR count). The second kappa shape index (κ2) is 7.34. The van der Waals surface area contributed by atoms with Crippen LogP contribution < -0.4 is 10.0 Å². The van der Waals surface area contributed by atoms with Gasteiger partial charge in [-0.1, -0.05) is 24.3 Å². The lowest BCUT2D eigenvalue weighted by Gasteiger charge is -2.07. The van der Waals surface area contributed by atoms with Crippen molar-refractivity contribution >= 4 is 15.9 Å². The molecule has 0 aliphatic rings. The van der Waals surface area contributed by atoms with E-state index in [2.05, 4.69) is 10.0 Å². The lowest BCUT2D eigenvalue weighted by atomic mass is 10.1. The van der Waals surface area contributed by atoms with Gasteiger partial charge in [-0.05, 0) is 42.4 Å². The highest BCUT2D eigenvalue weighted by molar-refractivity contribution is 7.88. The second-order valence-electron chi connectivity index (χ2n) is 4.97. The number of nitrogens with one attached hydrogen (secondary N) is 2. The highest BCUT2D eigenvalue weighted by Crippen LogP contribution is 2.08. The SMILES string of the molecule is CNS(=O)(=O)Cc1ccc(CNC(=O)c2ccc(F)cc2)cc1. The van der Waals surface area contributed by atoms with Crippen LogP contribution in [0.3, 0.4) is 0 Å². The molecule has 0 atom stereocenters. The highest BCUT2D eigenvalue weighted by atomic mass is 32.2. The molecule has 0 heterocycles. The smallest absolute Gasteiger partial charge is 0.251 e. The predicted molar refractivity (Wildman–Crippen MR) is 85.7 cm³/mol. The van der Waals surface area contributed by atoms with E-state index in [1.165, 1.54) is 31.3 Å². The lowest BCUT2D eigenvalue weighted by Crippen LogP contribution is -2.23. The van der Waals surface area contributed by atoms with Crippen LogP contribution in [0.2, 0.25) is 0 Å². The molecule has 0 aliphatic heterocycles. The van der Waals surface area contributed by atoms with E-state index in [4.69, 9.17) is 0 Å². The van der Waals surface area contributed by atoms with Crippen LogP contribution in [0, 0.1) is 5.82 Å². The topological polar surface area (TPSA) is 75.3 Å². The zero-order valence-corrected chi connectivity index (χ0v) is 13.4. The average molecular weight is 336 g/mol. The van der Waals surface area contributed by atoms with Gasteiger partial charge in [0, 0.05) is 12.1 Å². The summed E-state index contributed by atoms with van der Waals surface area (Å²) in [6.07, 6.45) is 0. The van der Waals surface area contributed by atoms with Gasteiger partial charge in [0.1, 0.15) is 5.82 Å². The summed E-state index contributed by atoms with van der Waals surface area (Å²) in [5.41, 5.74) is 1.88. The van der Waals surface area contributed by atoms with E-state index in [-0.39, 0.29) is 11.7 Å². The van der Waals surface area contributed by atoms with Gasteiger partial charge in [0.05, 0.1) is 5.75 Å². The van der Waals surface area contributed by atoms with Crippen molar-refractivity contribution in [3.8, 4) is 0 Å². The molecule has 0 saturated carbocycles. The van der Waals surface area contributed by atoms with Crippen LogP contribution in [0.25, 0.3) is 0 Å². The summed E-state index contributed by atoms with van der Waals surface area (Å²) in [7, 11) is -1.93. The average Bonchev–Trinajstić information content (AvgIpc) is 2.54. The molecule has 0 spiro atoms. The molecule has 1 amide bonds. The summed E-state index contributed by atoms with van der Waals surface area (Å²) in [5.74, 6) is -0.786. The molecule has 0 aliphatic carbocycles. The molecule has 122 valence electrons. The molecule has 5 nitrogen and oxygen atoms in total. The van der Waals surface area contributed by atoms with Gasteiger partial charge in [-0.25, -0.2) is 17.5 Å². The minimum absolute atomic E-state index is 0.0915. The van der Waals surface area contributed by atoms with E-state index in [0.29, 0.717) is 17.7 Å². The number of benzene rings is 2. The molecular formula is C16H17FN2O3S. The fourth-order valence-corrected chi connectivity index (χ4v) is 2.71. The third-order valence-electron chi connectivity index (χ3n) is 3.25. The molecule has 23 heavy (non-hydrogen) atoms. The molecule has 7 heteroatoms. The number of hydrogen-bond acceptors (Lipinski definition) is 3. The fourth-order valence-electron chi connectivity index (χ4n) is 1.93. The van der Waals surface area contributed by atoms with Crippen molar-refractivity contribution in [3.63, 3.8) is 0 Å². The summed E-state index contributed by atoms with van der Waals surface area (Å²) in [6, 6.07) is 12.2. The van der Waals surface area contributed by atoms with Crippen LogP contribution in [-0.4, -0.2) is 21.4 Å². The third-order valence-corrected chi connectivity index (χ3v) is 4.59. The quantitative estimate of drug-likeness (QED) is 0.845. The van der Waals surface area contributed by atoms with Crippen LogP contribution in [0.15, 0.2) is 48.5 Å². The Hall–Kier alpha value is -2.25. The van der Waals surface area contributed by atoms with Gasteiger partial charge in [0.2, 0.25) is 10.0 Å². The number of halogens is 1. The number of rotatable bonds is 6. The van der Waals surface area contributed by atoms with Gasteiger partial charge < -0.3 is 5.32 Å². The van der Waals surface area contributed by atoms with Crippen molar-refractivity contribution in [1.29, 1.82) is 0 Å². The molecule has 0 saturated heterocycles. The molecule has 2 N–H and O–H groups in total. The minimum atomic E-state index is -3.30. The minimum Gasteiger partial charge on any atom is -0.348 e. The Kier molecular flexibility index (Phi) is 5.46. The number of amides is 1. The summed E-state index contributed by atoms with van der Waals surface area (Å²) >= 11 is 0. The molecular weight excluding hydrogens is 319 g/mol. The summed E-state index contributed by atoms with van der Waals surface area (Å²) in [6.45, 7) is 0.301. The fraction of sp³-hybridized carbons (Fsp3) is 0.188. The number of carbonyl (C=O) groups excluding carboxylic acids is 1. The van der Waals surface area contributed by atoms with E-state index < -0.39 is 15.8 Å². The first kappa shape index (κ1) is 17.1. The van der Waals surface area contributed by atoms with Crippen LogP contribution >= 0.6 is 0 Å². The molecule has 0 bridgehead atoms. The first-order valence-electron chi connectivity index (χ1n) is 6.92. The Morgan fingerprint density at radius 2 is 1.57 bits per heavy atom. The van der Waals surface area contributed by atoms with Crippen LogP contribution in [0.1, 0.15) is 21.5 Å². The maximum absolute atomic E-state index is 12.8. The van der Waals surface area contributed by atoms with Crippen molar-refractivity contribution in [2.24, 2.45) is 0 Å². The first-order valence-corrected chi connectivity index (χ1v) is 8.57. The third kappa shape index (κ3) is 5.15. The van der Waals surface area contributed by atoms with Gasteiger partial charge >= 0.3 is 0 Å². The maximum Gasteiger partial charge on any atom is 0.251 e.